The maximum absolute atomic E-state index is 12.9. The Hall–Kier alpha value is -2.13. The molecule has 1 amide bonds. The van der Waals surface area contributed by atoms with Gasteiger partial charge in [-0.25, -0.2) is 8.78 Å². The molecule has 0 spiro atoms. The monoisotopic (exact) mass is 346 g/mol. The summed E-state index contributed by atoms with van der Waals surface area (Å²) in [5.41, 5.74) is 6.73. The van der Waals surface area contributed by atoms with Crippen molar-refractivity contribution >= 4 is 18.3 Å². The molecule has 0 radical (unpaired) electrons. The minimum Gasteiger partial charge on any atom is -0.348 e. The fourth-order valence-electron chi connectivity index (χ4n) is 1.61. The lowest BCUT2D eigenvalue weighted by atomic mass is 10.1. The van der Waals surface area contributed by atoms with E-state index in [4.69, 9.17) is 5.73 Å². The highest BCUT2D eigenvalue weighted by Crippen LogP contribution is 2.13. The average molecular weight is 347 g/mol. The van der Waals surface area contributed by atoms with Crippen molar-refractivity contribution in [1.82, 2.24) is 25.5 Å². The molecule has 2 rings (SSSR count). The Labute approximate surface area is 137 Å². The number of benzene rings is 1. The molecule has 0 unspecified atom stereocenters. The minimum atomic E-state index is -3.13. The van der Waals surface area contributed by atoms with Gasteiger partial charge in [-0.15, -0.1) is 22.6 Å². The van der Waals surface area contributed by atoms with Gasteiger partial charge in [0.2, 0.25) is 11.7 Å². The van der Waals surface area contributed by atoms with Gasteiger partial charge in [0.25, 0.3) is 5.92 Å². The van der Waals surface area contributed by atoms with E-state index in [9.17, 15) is 13.6 Å². The fourth-order valence-corrected chi connectivity index (χ4v) is 1.61. The number of nitrogens with zero attached hydrogens (tertiary/aromatic N) is 4. The zero-order valence-electron chi connectivity index (χ0n) is 12.4. The van der Waals surface area contributed by atoms with Crippen molar-refractivity contribution in [2.75, 3.05) is 13.1 Å². The second-order valence-electron chi connectivity index (χ2n) is 4.85. The normalized spacial score (nSPS) is 11.0. The second kappa shape index (κ2) is 7.93. The maximum atomic E-state index is 12.9. The molecule has 1 heterocycles. The van der Waals surface area contributed by atoms with E-state index in [2.05, 4.69) is 20.7 Å². The van der Waals surface area contributed by atoms with Crippen LogP contribution in [0.5, 0.6) is 0 Å². The molecule has 0 aliphatic heterocycles. The summed E-state index contributed by atoms with van der Waals surface area (Å²) in [5.74, 6) is -3.40. The Bertz CT molecular complexity index is 646. The van der Waals surface area contributed by atoms with Crippen LogP contribution in [0.2, 0.25) is 0 Å². The number of nitrogens with two attached hydrogens (primary N) is 1. The summed E-state index contributed by atoms with van der Waals surface area (Å²) in [6.07, 6.45) is 0. The Kier molecular flexibility index (Phi) is 6.52. The van der Waals surface area contributed by atoms with Crippen LogP contribution in [-0.2, 0) is 11.3 Å². The van der Waals surface area contributed by atoms with E-state index in [0.29, 0.717) is 5.82 Å². The summed E-state index contributed by atoms with van der Waals surface area (Å²) in [7, 11) is 0. The second-order valence-corrected chi connectivity index (χ2v) is 4.85. The molecule has 7 nitrogen and oxygen atoms in total. The molecular formula is C13H17ClF2N6O. The Morgan fingerprint density at radius 2 is 2.00 bits per heavy atom. The molecule has 0 aliphatic carbocycles. The van der Waals surface area contributed by atoms with Gasteiger partial charge in [0.15, 0.2) is 0 Å². The number of carbonyl (C=O) groups is 1. The van der Waals surface area contributed by atoms with Crippen LogP contribution in [0.25, 0.3) is 11.4 Å². The van der Waals surface area contributed by atoms with Gasteiger partial charge >= 0.3 is 0 Å². The number of hydrogen-bond acceptors (Lipinski definition) is 5. The number of amides is 1. The Morgan fingerprint density at radius 1 is 1.35 bits per heavy atom. The van der Waals surface area contributed by atoms with Crippen molar-refractivity contribution in [2.24, 2.45) is 5.73 Å². The molecule has 0 saturated carbocycles. The number of carbonyl (C=O) groups excluding carboxylic acids is 1. The van der Waals surface area contributed by atoms with Crippen LogP contribution in [0.3, 0.4) is 0 Å². The number of alkyl halides is 2. The molecule has 0 bridgehead atoms. The number of aryl methyl sites for hydroxylation is 1. The van der Waals surface area contributed by atoms with Gasteiger partial charge in [-0.3, -0.25) is 4.79 Å². The van der Waals surface area contributed by atoms with Gasteiger partial charge in [0.1, 0.15) is 6.54 Å². The lowest BCUT2D eigenvalue weighted by Gasteiger charge is -2.13. The molecule has 2 aromatic rings. The van der Waals surface area contributed by atoms with E-state index in [0.717, 1.165) is 15.9 Å². The van der Waals surface area contributed by atoms with Gasteiger partial charge < -0.3 is 11.1 Å². The van der Waals surface area contributed by atoms with Gasteiger partial charge in [-0.1, -0.05) is 29.8 Å². The highest BCUT2D eigenvalue weighted by Gasteiger charge is 2.27. The fraction of sp³-hybridized carbons (Fsp3) is 0.385. The number of tetrazole rings is 1. The van der Waals surface area contributed by atoms with E-state index >= 15 is 0 Å². The molecule has 0 fully saturated rings. The largest absolute Gasteiger partial charge is 0.348 e. The molecule has 1 aromatic heterocycles. The summed E-state index contributed by atoms with van der Waals surface area (Å²) in [5, 5.41) is 13.7. The smallest absolute Gasteiger partial charge is 0.277 e. The molecule has 0 aliphatic rings. The van der Waals surface area contributed by atoms with Crippen molar-refractivity contribution in [2.45, 2.75) is 19.4 Å². The summed E-state index contributed by atoms with van der Waals surface area (Å²) < 4.78 is 25.8. The zero-order chi connectivity index (χ0) is 16.2. The van der Waals surface area contributed by atoms with Crippen LogP contribution in [0.15, 0.2) is 24.3 Å². The Balaban J connectivity index is 0.00000264. The predicted molar refractivity (Wildman–Crippen MR) is 82.2 cm³/mol. The third-order valence-electron chi connectivity index (χ3n) is 2.89. The van der Waals surface area contributed by atoms with Crippen molar-refractivity contribution in [3.05, 3.63) is 29.8 Å². The third kappa shape index (κ3) is 5.53. The molecule has 0 atom stereocenters. The molecule has 1 aromatic carbocycles. The minimum absolute atomic E-state index is 0. The number of hydrogen-bond donors (Lipinski definition) is 2. The zero-order valence-corrected chi connectivity index (χ0v) is 13.2. The van der Waals surface area contributed by atoms with Crippen molar-refractivity contribution in [1.29, 1.82) is 0 Å². The van der Waals surface area contributed by atoms with E-state index in [1.54, 1.807) is 0 Å². The van der Waals surface area contributed by atoms with E-state index in [-0.39, 0.29) is 19.0 Å². The molecule has 10 heteroatoms. The van der Waals surface area contributed by atoms with Gasteiger partial charge in [0, 0.05) is 5.56 Å². The van der Waals surface area contributed by atoms with E-state index in [1.165, 1.54) is 0 Å². The number of aromatic nitrogens is 4. The summed E-state index contributed by atoms with van der Waals surface area (Å²) in [6.45, 7) is 0.0172. The first kappa shape index (κ1) is 18.9. The van der Waals surface area contributed by atoms with Gasteiger partial charge in [0.05, 0.1) is 13.1 Å². The molecule has 126 valence electrons. The van der Waals surface area contributed by atoms with Crippen LogP contribution in [0, 0.1) is 6.92 Å². The first-order chi connectivity index (χ1) is 10.4. The standard InChI is InChI=1S/C13H16F2N6O.ClH/c1-9-2-4-10(5-3-9)12-18-20-21(19-12)6-11(22)17-8-13(14,15)7-16;/h2-5H,6-8,16H2,1H3,(H,17,22);1H. The SMILES string of the molecule is Cc1ccc(-c2nnn(CC(=O)NCC(F)(F)CN)n2)cc1.Cl. The first-order valence-corrected chi connectivity index (χ1v) is 6.59. The highest BCUT2D eigenvalue weighted by molar-refractivity contribution is 5.85. The predicted octanol–water partition coefficient (Wildman–Crippen LogP) is 0.781. The molecular weight excluding hydrogens is 330 g/mol. The Morgan fingerprint density at radius 3 is 2.61 bits per heavy atom. The quantitative estimate of drug-likeness (QED) is 0.805. The van der Waals surface area contributed by atoms with E-state index < -0.39 is 24.9 Å². The van der Waals surface area contributed by atoms with Crippen molar-refractivity contribution in [3.8, 4) is 11.4 Å². The lowest BCUT2D eigenvalue weighted by molar-refractivity contribution is -0.123. The number of halogens is 3. The van der Waals surface area contributed by atoms with Gasteiger partial charge in [-0.2, -0.15) is 4.80 Å². The van der Waals surface area contributed by atoms with Crippen molar-refractivity contribution < 1.29 is 13.6 Å². The van der Waals surface area contributed by atoms with E-state index in [1.807, 2.05) is 31.2 Å². The highest BCUT2D eigenvalue weighted by atomic mass is 35.5. The number of rotatable bonds is 6. The topological polar surface area (TPSA) is 98.7 Å². The third-order valence-corrected chi connectivity index (χ3v) is 2.89. The van der Waals surface area contributed by atoms with Crippen LogP contribution >= 0.6 is 12.4 Å². The molecule has 0 saturated heterocycles. The number of nitrogens with one attached hydrogen (secondary N) is 1. The van der Waals surface area contributed by atoms with Crippen LogP contribution in [-0.4, -0.2) is 45.1 Å². The molecule has 23 heavy (non-hydrogen) atoms. The summed E-state index contributed by atoms with van der Waals surface area (Å²) >= 11 is 0. The maximum Gasteiger partial charge on any atom is 0.277 e. The summed E-state index contributed by atoms with van der Waals surface area (Å²) in [4.78, 5) is 12.6. The van der Waals surface area contributed by atoms with Gasteiger partial charge in [-0.05, 0) is 12.1 Å². The molecule has 3 N–H and O–H groups in total. The summed E-state index contributed by atoms with van der Waals surface area (Å²) in [6, 6.07) is 7.46. The lowest BCUT2D eigenvalue weighted by Crippen LogP contribution is -2.42. The van der Waals surface area contributed by atoms with Crippen LogP contribution < -0.4 is 11.1 Å². The first-order valence-electron chi connectivity index (χ1n) is 6.59. The van der Waals surface area contributed by atoms with Crippen LogP contribution in [0.1, 0.15) is 5.56 Å². The van der Waals surface area contributed by atoms with Crippen LogP contribution in [0.4, 0.5) is 8.78 Å². The van der Waals surface area contributed by atoms with Crippen molar-refractivity contribution in [3.63, 3.8) is 0 Å². The average Bonchev–Trinajstić information content (AvgIpc) is 2.94.